The van der Waals surface area contributed by atoms with E-state index in [4.69, 9.17) is 10.00 Å². The number of nitrogens with zero attached hydrogens (tertiary/aromatic N) is 3. The molecule has 0 atom stereocenters. The van der Waals surface area contributed by atoms with Crippen molar-refractivity contribution in [2.24, 2.45) is 0 Å². The average molecular weight is 385 g/mol. The van der Waals surface area contributed by atoms with E-state index in [9.17, 15) is 4.79 Å². The van der Waals surface area contributed by atoms with Gasteiger partial charge < -0.3 is 4.74 Å². The molecule has 0 bridgehead atoms. The lowest BCUT2D eigenvalue weighted by Gasteiger charge is -2.05. The molecule has 0 aliphatic carbocycles. The highest BCUT2D eigenvalue weighted by Crippen LogP contribution is 2.17. The fourth-order valence-electron chi connectivity index (χ4n) is 3.00. The van der Waals surface area contributed by atoms with Gasteiger partial charge in [-0.1, -0.05) is 42.0 Å². The van der Waals surface area contributed by atoms with Gasteiger partial charge >= 0.3 is 5.97 Å². The van der Waals surface area contributed by atoms with Crippen molar-refractivity contribution in [2.45, 2.75) is 33.9 Å². The zero-order valence-electron chi connectivity index (χ0n) is 16.8. The molecular weight excluding hydrogens is 362 g/mol. The van der Waals surface area contributed by atoms with E-state index in [0.717, 1.165) is 22.5 Å². The van der Waals surface area contributed by atoms with Crippen LogP contribution >= 0.6 is 0 Å². The highest BCUT2D eigenvalue weighted by atomic mass is 16.5. The van der Waals surface area contributed by atoms with Crippen LogP contribution in [0.4, 0.5) is 0 Å². The second-order valence-electron chi connectivity index (χ2n) is 6.98. The average Bonchev–Trinajstić information content (AvgIpc) is 2.99. The Bertz CT molecular complexity index is 1070. The van der Waals surface area contributed by atoms with Crippen LogP contribution in [0, 0.1) is 32.1 Å². The molecule has 5 heteroatoms. The molecule has 5 nitrogen and oxygen atoms in total. The van der Waals surface area contributed by atoms with Crippen molar-refractivity contribution in [3.8, 4) is 6.07 Å². The van der Waals surface area contributed by atoms with E-state index >= 15 is 0 Å². The fraction of sp³-hybridized carbons (Fsp3) is 0.208. The Hall–Kier alpha value is -3.65. The number of carbonyl (C=O) groups is 1. The quantitative estimate of drug-likeness (QED) is 0.463. The summed E-state index contributed by atoms with van der Waals surface area (Å²) in [5.74, 6) is -0.417. The number of ether oxygens (including phenoxy) is 1. The van der Waals surface area contributed by atoms with Gasteiger partial charge in [-0.2, -0.15) is 10.4 Å². The summed E-state index contributed by atoms with van der Waals surface area (Å²) in [6.07, 6.45) is 3.18. The molecule has 0 aliphatic heterocycles. The molecule has 2 aromatic carbocycles. The minimum atomic E-state index is -0.417. The first-order chi connectivity index (χ1) is 14.0. The molecule has 3 rings (SSSR count). The van der Waals surface area contributed by atoms with E-state index in [1.165, 1.54) is 17.2 Å². The lowest BCUT2D eigenvalue weighted by Crippen LogP contribution is -2.04. The Labute approximate surface area is 170 Å². The molecule has 3 aromatic rings. The van der Waals surface area contributed by atoms with Crippen LogP contribution in [0.25, 0.3) is 6.08 Å². The number of hydrogen-bond acceptors (Lipinski definition) is 4. The molecule has 1 heterocycles. The highest BCUT2D eigenvalue weighted by molar-refractivity contribution is 5.87. The Morgan fingerprint density at radius 3 is 2.38 bits per heavy atom. The number of hydrogen-bond donors (Lipinski definition) is 0. The summed E-state index contributed by atoms with van der Waals surface area (Å²) in [5, 5.41) is 13.4. The van der Waals surface area contributed by atoms with Gasteiger partial charge in [-0.05, 0) is 50.1 Å². The van der Waals surface area contributed by atoms with Gasteiger partial charge in [-0.15, -0.1) is 0 Å². The zero-order chi connectivity index (χ0) is 20.8. The van der Waals surface area contributed by atoms with Gasteiger partial charge in [-0.25, -0.2) is 4.79 Å². The molecule has 29 heavy (non-hydrogen) atoms. The molecule has 1 aromatic heterocycles. The molecule has 146 valence electrons. The SMILES string of the molecule is Cc1ccc(Cn2nc(C)c(/C=C/C(=O)OCc3ccc(C#N)cc3)c2C)cc1. The lowest BCUT2D eigenvalue weighted by molar-refractivity contribution is -0.138. The largest absolute Gasteiger partial charge is 0.458 e. The maximum atomic E-state index is 12.1. The topological polar surface area (TPSA) is 67.9 Å². The van der Waals surface area contributed by atoms with Crippen LogP contribution in [0.1, 0.15) is 39.2 Å². The fourth-order valence-corrected chi connectivity index (χ4v) is 3.00. The van der Waals surface area contributed by atoms with Crippen molar-refractivity contribution in [3.63, 3.8) is 0 Å². The summed E-state index contributed by atoms with van der Waals surface area (Å²) in [7, 11) is 0. The first-order valence-electron chi connectivity index (χ1n) is 9.39. The summed E-state index contributed by atoms with van der Waals surface area (Å²) in [6, 6.07) is 17.4. The third kappa shape index (κ3) is 5.20. The second kappa shape index (κ2) is 9.03. The van der Waals surface area contributed by atoms with Crippen LogP contribution in [-0.4, -0.2) is 15.7 Å². The first-order valence-corrected chi connectivity index (χ1v) is 9.39. The molecule has 0 amide bonds. The van der Waals surface area contributed by atoms with Gasteiger partial charge in [0, 0.05) is 17.3 Å². The van der Waals surface area contributed by atoms with Crippen molar-refractivity contribution in [3.05, 3.63) is 93.8 Å². The van der Waals surface area contributed by atoms with Crippen LogP contribution in [0.15, 0.2) is 54.6 Å². The minimum Gasteiger partial charge on any atom is -0.458 e. The Morgan fingerprint density at radius 1 is 1.07 bits per heavy atom. The molecule has 0 aliphatic rings. The van der Waals surface area contributed by atoms with E-state index in [-0.39, 0.29) is 6.61 Å². The van der Waals surface area contributed by atoms with Crippen LogP contribution in [0.5, 0.6) is 0 Å². The highest BCUT2D eigenvalue weighted by Gasteiger charge is 2.10. The predicted octanol–water partition coefficient (Wildman–Crippen LogP) is 4.48. The van der Waals surface area contributed by atoms with Crippen LogP contribution in [-0.2, 0) is 22.7 Å². The van der Waals surface area contributed by atoms with E-state index in [2.05, 4.69) is 42.4 Å². The summed E-state index contributed by atoms with van der Waals surface area (Å²) in [5.41, 5.74) is 6.61. The van der Waals surface area contributed by atoms with E-state index in [1.54, 1.807) is 30.3 Å². The molecule has 0 radical (unpaired) electrons. The number of aryl methyl sites for hydroxylation is 2. The van der Waals surface area contributed by atoms with Crippen molar-refractivity contribution in [2.75, 3.05) is 0 Å². The van der Waals surface area contributed by atoms with Gasteiger partial charge in [-0.3, -0.25) is 4.68 Å². The number of nitriles is 1. The Kier molecular flexibility index (Phi) is 6.25. The minimum absolute atomic E-state index is 0.166. The van der Waals surface area contributed by atoms with Crippen LogP contribution in [0.2, 0.25) is 0 Å². The van der Waals surface area contributed by atoms with Crippen molar-refractivity contribution in [1.29, 1.82) is 5.26 Å². The number of benzene rings is 2. The van der Waals surface area contributed by atoms with E-state index in [0.29, 0.717) is 12.1 Å². The standard InChI is InChI=1S/C24H23N3O2/c1-17-4-6-21(7-5-17)15-27-19(3)23(18(2)26-27)12-13-24(28)29-16-22-10-8-20(14-25)9-11-22/h4-13H,15-16H2,1-3H3/b13-12+. The summed E-state index contributed by atoms with van der Waals surface area (Å²) in [6.45, 7) is 6.84. The van der Waals surface area contributed by atoms with Crippen LogP contribution < -0.4 is 0 Å². The van der Waals surface area contributed by atoms with Gasteiger partial charge in [0.1, 0.15) is 6.61 Å². The van der Waals surface area contributed by atoms with Gasteiger partial charge in [0.15, 0.2) is 0 Å². The third-order valence-corrected chi connectivity index (χ3v) is 4.74. The number of rotatable bonds is 6. The monoisotopic (exact) mass is 385 g/mol. The van der Waals surface area contributed by atoms with Gasteiger partial charge in [0.2, 0.25) is 0 Å². The van der Waals surface area contributed by atoms with Gasteiger partial charge in [0.25, 0.3) is 0 Å². The van der Waals surface area contributed by atoms with Crippen molar-refractivity contribution >= 4 is 12.0 Å². The normalized spacial score (nSPS) is 10.8. The van der Waals surface area contributed by atoms with E-state index in [1.807, 2.05) is 18.5 Å². The smallest absolute Gasteiger partial charge is 0.331 e. The molecule has 0 unspecified atom stereocenters. The summed E-state index contributed by atoms with van der Waals surface area (Å²) >= 11 is 0. The Morgan fingerprint density at radius 2 is 1.72 bits per heavy atom. The van der Waals surface area contributed by atoms with Crippen LogP contribution in [0.3, 0.4) is 0 Å². The molecule has 0 saturated carbocycles. The third-order valence-electron chi connectivity index (χ3n) is 4.74. The van der Waals surface area contributed by atoms with Gasteiger partial charge in [0.05, 0.1) is 23.9 Å². The Balaban J connectivity index is 1.63. The lowest BCUT2D eigenvalue weighted by atomic mass is 10.1. The molecule has 0 N–H and O–H groups in total. The summed E-state index contributed by atoms with van der Waals surface area (Å²) in [4.78, 5) is 12.1. The second-order valence-corrected chi connectivity index (χ2v) is 6.98. The molecule has 0 spiro atoms. The van der Waals surface area contributed by atoms with Crippen molar-refractivity contribution in [1.82, 2.24) is 9.78 Å². The number of aromatic nitrogens is 2. The van der Waals surface area contributed by atoms with Crippen molar-refractivity contribution < 1.29 is 9.53 Å². The molecule has 0 fully saturated rings. The maximum absolute atomic E-state index is 12.1. The maximum Gasteiger partial charge on any atom is 0.331 e. The number of carbonyl (C=O) groups excluding carboxylic acids is 1. The number of esters is 1. The molecular formula is C24H23N3O2. The summed E-state index contributed by atoms with van der Waals surface area (Å²) < 4.78 is 7.23. The van der Waals surface area contributed by atoms with E-state index < -0.39 is 5.97 Å². The predicted molar refractivity (Wildman–Crippen MR) is 112 cm³/mol. The first kappa shape index (κ1) is 20.1. The zero-order valence-corrected chi connectivity index (χ0v) is 16.8. The molecule has 0 saturated heterocycles.